The molecule has 0 aliphatic rings. The lowest BCUT2D eigenvalue weighted by Gasteiger charge is -2.35. The summed E-state index contributed by atoms with van der Waals surface area (Å²) in [7, 11) is 3.30. The van der Waals surface area contributed by atoms with Crippen LogP contribution in [0.3, 0.4) is 0 Å². The summed E-state index contributed by atoms with van der Waals surface area (Å²) in [6, 6.07) is 33.0. The molecule has 0 fully saturated rings. The first kappa shape index (κ1) is 33.0. The SMILES string of the molecule is CN(C(=O)c1cccc(CN)c1)C(Cc1ccc2ccccc2c1)C(=O)N(C)C(Cc1ccccc1)C(=O)NCCc1ccncc1. The van der Waals surface area contributed by atoms with Crippen molar-refractivity contribution in [3.63, 3.8) is 0 Å². The van der Waals surface area contributed by atoms with E-state index in [2.05, 4.69) is 16.4 Å². The van der Waals surface area contributed by atoms with Gasteiger partial charge in [0.25, 0.3) is 5.91 Å². The minimum atomic E-state index is -0.877. The van der Waals surface area contributed by atoms with Gasteiger partial charge in [0.2, 0.25) is 11.8 Å². The van der Waals surface area contributed by atoms with Crippen LogP contribution in [0.2, 0.25) is 0 Å². The van der Waals surface area contributed by atoms with Crippen LogP contribution in [-0.4, -0.2) is 65.2 Å². The van der Waals surface area contributed by atoms with Crippen molar-refractivity contribution in [3.05, 3.63) is 149 Å². The summed E-state index contributed by atoms with van der Waals surface area (Å²) in [4.78, 5) is 49.3. The van der Waals surface area contributed by atoms with Gasteiger partial charge < -0.3 is 20.9 Å². The molecule has 2 unspecified atom stereocenters. The average Bonchev–Trinajstić information content (AvgIpc) is 3.12. The summed E-state index contributed by atoms with van der Waals surface area (Å²) < 4.78 is 0. The first-order valence-corrected chi connectivity index (χ1v) is 15.8. The van der Waals surface area contributed by atoms with Crippen LogP contribution in [0.25, 0.3) is 10.8 Å². The van der Waals surface area contributed by atoms with Crippen molar-refractivity contribution in [1.82, 2.24) is 20.1 Å². The number of carbonyl (C=O) groups excluding carboxylic acids is 3. The lowest BCUT2D eigenvalue weighted by atomic mass is 9.98. The highest BCUT2D eigenvalue weighted by molar-refractivity contribution is 5.98. The molecule has 5 aromatic rings. The van der Waals surface area contributed by atoms with E-state index in [0.717, 1.165) is 33.0 Å². The van der Waals surface area contributed by atoms with Crippen LogP contribution in [0.4, 0.5) is 0 Å². The van der Waals surface area contributed by atoms with E-state index >= 15 is 0 Å². The molecule has 0 saturated heterocycles. The number of hydrogen-bond acceptors (Lipinski definition) is 5. The van der Waals surface area contributed by atoms with Crippen LogP contribution >= 0.6 is 0 Å². The van der Waals surface area contributed by atoms with Crippen molar-refractivity contribution in [1.29, 1.82) is 0 Å². The number of fused-ring (bicyclic) bond motifs is 1. The Hall–Kier alpha value is -5.34. The normalized spacial score (nSPS) is 12.2. The van der Waals surface area contributed by atoms with Crippen molar-refractivity contribution in [2.75, 3.05) is 20.6 Å². The molecule has 5 rings (SSSR count). The van der Waals surface area contributed by atoms with Gasteiger partial charge in [-0.3, -0.25) is 19.4 Å². The van der Waals surface area contributed by atoms with Crippen molar-refractivity contribution >= 4 is 28.5 Å². The maximum absolute atomic E-state index is 14.6. The van der Waals surface area contributed by atoms with Gasteiger partial charge >= 0.3 is 0 Å². The Labute approximate surface area is 276 Å². The molecule has 0 spiro atoms. The van der Waals surface area contributed by atoms with Gasteiger partial charge in [-0.2, -0.15) is 0 Å². The summed E-state index contributed by atoms with van der Waals surface area (Å²) in [5, 5.41) is 5.18. The number of pyridine rings is 1. The zero-order valence-corrected chi connectivity index (χ0v) is 26.9. The Bertz CT molecular complexity index is 1810. The summed E-state index contributed by atoms with van der Waals surface area (Å²) >= 11 is 0. The highest BCUT2D eigenvalue weighted by atomic mass is 16.2. The van der Waals surface area contributed by atoms with Crippen LogP contribution in [-0.2, 0) is 35.4 Å². The van der Waals surface area contributed by atoms with Gasteiger partial charge in [-0.15, -0.1) is 0 Å². The van der Waals surface area contributed by atoms with E-state index < -0.39 is 12.1 Å². The lowest BCUT2D eigenvalue weighted by molar-refractivity contribution is -0.142. The fourth-order valence-electron chi connectivity index (χ4n) is 5.78. The zero-order valence-electron chi connectivity index (χ0n) is 26.9. The van der Waals surface area contributed by atoms with Gasteiger partial charge in [0.05, 0.1) is 0 Å². The van der Waals surface area contributed by atoms with Gasteiger partial charge in [0, 0.05) is 58.0 Å². The van der Waals surface area contributed by atoms with Crippen LogP contribution in [0.15, 0.2) is 122 Å². The number of nitrogens with one attached hydrogen (secondary N) is 1. The molecule has 0 radical (unpaired) electrons. The number of amides is 3. The number of nitrogens with zero attached hydrogens (tertiary/aromatic N) is 3. The summed E-state index contributed by atoms with van der Waals surface area (Å²) in [6.07, 6.45) is 4.68. The second kappa shape index (κ2) is 15.8. The Kier molecular flexibility index (Phi) is 11.1. The van der Waals surface area contributed by atoms with Crippen molar-refractivity contribution in [3.8, 4) is 0 Å². The number of aromatic nitrogens is 1. The van der Waals surface area contributed by atoms with Crippen molar-refractivity contribution in [2.24, 2.45) is 5.73 Å². The van der Waals surface area contributed by atoms with Crippen LogP contribution in [0.1, 0.15) is 32.6 Å². The molecular weight excluding hydrogens is 586 g/mol. The van der Waals surface area contributed by atoms with E-state index in [9.17, 15) is 14.4 Å². The molecule has 0 saturated carbocycles. The third-order valence-electron chi connectivity index (χ3n) is 8.58. The summed E-state index contributed by atoms with van der Waals surface area (Å²) in [6.45, 7) is 0.705. The van der Waals surface area contributed by atoms with Gasteiger partial charge in [0.1, 0.15) is 12.1 Å². The van der Waals surface area contributed by atoms with Gasteiger partial charge in [-0.25, -0.2) is 0 Å². The molecular formula is C39H41N5O3. The molecule has 1 aromatic heterocycles. The largest absolute Gasteiger partial charge is 0.354 e. The van der Waals surface area contributed by atoms with E-state index in [1.807, 2.05) is 84.9 Å². The number of hydrogen-bond donors (Lipinski definition) is 2. The maximum atomic E-state index is 14.6. The average molecular weight is 628 g/mol. The lowest BCUT2D eigenvalue weighted by Crippen LogP contribution is -2.56. The van der Waals surface area contributed by atoms with Gasteiger partial charge in [-0.1, -0.05) is 84.9 Å². The van der Waals surface area contributed by atoms with Crippen molar-refractivity contribution < 1.29 is 14.4 Å². The number of nitrogens with two attached hydrogens (primary N) is 1. The Morgan fingerprint density at radius 3 is 2.11 bits per heavy atom. The zero-order chi connectivity index (χ0) is 33.2. The molecule has 3 amide bonds. The second-order valence-corrected chi connectivity index (χ2v) is 11.8. The molecule has 4 aromatic carbocycles. The first-order chi connectivity index (χ1) is 22.8. The molecule has 8 nitrogen and oxygen atoms in total. The molecule has 47 heavy (non-hydrogen) atoms. The van der Waals surface area contributed by atoms with Crippen molar-refractivity contribution in [2.45, 2.75) is 37.9 Å². The van der Waals surface area contributed by atoms with Gasteiger partial charge in [0.15, 0.2) is 0 Å². The quantitative estimate of drug-likeness (QED) is 0.195. The molecule has 0 aliphatic carbocycles. The topological polar surface area (TPSA) is 109 Å². The smallest absolute Gasteiger partial charge is 0.254 e. The second-order valence-electron chi connectivity index (χ2n) is 11.8. The van der Waals surface area contributed by atoms with E-state index in [0.29, 0.717) is 31.5 Å². The number of benzene rings is 4. The third-order valence-corrected chi connectivity index (χ3v) is 8.58. The molecule has 0 bridgehead atoms. The third kappa shape index (κ3) is 8.48. The van der Waals surface area contributed by atoms with E-state index in [-0.39, 0.29) is 24.1 Å². The van der Waals surface area contributed by atoms with E-state index in [1.54, 1.807) is 44.7 Å². The summed E-state index contributed by atoms with van der Waals surface area (Å²) in [5.74, 6) is -0.878. The monoisotopic (exact) mass is 627 g/mol. The van der Waals surface area contributed by atoms with Gasteiger partial charge in [-0.05, 0) is 63.7 Å². The summed E-state index contributed by atoms with van der Waals surface area (Å²) in [5.41, 5.74) is 10.0. The number of rotatable bonds is 13. The Morgan fingerprint density at radius 1 is 0.681 bits per heavy atom. The predicted molar refractivity (Wildman–Crippen MR) is 186 cm³/mol. The fraction of sp³-hybridized carbons (Fsp3) is 0.231. The highest BCUT2D eigenvalue weighted by Gasteiger charge is 2.35. The standard InChI is InChI=1S/C39H41N5O3/c1-43(35(25-29-9-4-3-5-10-29)37(45)42-22-19-28-17-20-41-21-18-28)39(47)36(26-30-15-16-32-12-6-7-13-33(32)23-30)44(2)38(46)34-14-8-11-31(24-34)27-40/h3-18,20-21,23-24,35-36H,19,22,25-27,40H2,1-2H3,(H,42,45). The fourth-order valence-corrected chi connectivity index (χ4v) is 5.78. The molecule has 240 valence electrons. The number of carbonyl (C=O) groups is 3. The minimum Gasteiger partial charge on any atom is -0.354 e. The number of likely N-dealkylation sites (N-methyl/N-ethyl adjacent to an activating group) is 2. The molecule has 1 heterocycles. The van der Waals surface area contributed by atoms with Crippen LogP contribution in [0.5, 0.6) is 0 Å². The van der Waals surface area contributed by atoms with Crippen LogP contribution < -0.4 is 11.1 Å². The highest BCUT2D eigenvalue weighted by Crippen LogP contribution is 2.21. The van der Waals surface area contributed by atoms with E-state index in [1.165, 1.54) is 9.80 Å². The molecule has 0 aliphatic heterocycles. The first-order valence-electron chi connectivity index (χ1n) is 15.8. The Morgan fingerprint density at radius 2 is 1.36 bits per heavy atom. The Balaban J connectivity index is 1.44. The van der Waals surface area contributed by atoms with Crippen LogP contribution in [0, 0.1) is 0 Å². The minimum absolute atomic E-state index is 0.257. The predicted octanol–water partition coefficient (Wildman–Crippen LogP) is 4.81. The molecule has 3 N–H and O–H groups in total. The van der Waals surface area contributed by atoms with E-state index in [4.69, 9.17) is 5.73 Å². The molecule has 8 heteroatoms. The maximum Gasteiger partial charge on any atom is 0.254 e. The molecule has 2 atom stereocenters.